The molecule has 1 aromatic rings. The van der Waals surface area contributed by atoms with Crippen LogP contribution in [0.5, 0.6) is 0 Å². The van der Waals surface area contributed by atoms with Crippen molar-refractivity contribution in [1.82, 2.24) is 10.2 Å². The molecule has 1 aliphatic heterocycles. The Morgan fingerprint density at radius 1 is 1.36 bits per heavy atom. The number of Topliss-reactive ketones (excluding diaryl/α,β-unsaturated/α-hetero) is 1. The van der Waals surface area contributed by atoms with Gasteiger partial charge in [0.25, 0.3) is 5.91 Å². The average Bonchev–Trinajstić information content (AvgIpc) is 3.12. The maximum Gasteiger partial charge on any atom is 0.251 e. The lowest BCUT2D eigenvalue weighted by Gasteiger charge is -2.20. The quantitative estimate of drug-likeness (QED) is 0.928. The summed E-state index contributed by atoms with van der Waals surface area (Å²) in [6.45, 7) is 7.33. The largest absolute Gasteiger partial charge is 0.352 e. The number of rotatable bonds is 4. The Morgan fingerprint density at radius 3 is 2.91 bits per heavy atom. The van der Waals surface area contributed by atoms with Crippen LogP contribution in [0.4, 0.5) is 0 Å². The fourth-order valence-electron chi connectivity index (χ4n) is 3.53. The van der Waals surface area contributed by atoms with Crippen molar-refractivity contribution in [3.63, 3.8) is 0 Å². The van der Waals surface area contributed by atoms with E-state index in [1.807, 2.05) is 18.2 Å². The molecule has 0 saturated carbocycles. The van der Waals surface area contributed by atoms with E-state index in [2.05, 4.69) is 24.1 Å². The lowest BCUT2D eigenvalue weighted by atomic mass is 10.0. The summed E-state index contributed by atoms with van der Waals surface area (Å²) in [4.78, 5) is 26.7. The van der Waals surface area contributed by atoms with E-state index in [0.717, 1.165) is 37.2 Å². The zero-order valence-corrected chi connectivity index (χ0v) is 13.4. The molecule has 1 fully saturated rings. The minimum absolute atomic E-state index is 0.0328. The van der Waals surface area contributed by atoms with Crippen molar-refractivity contribution in [3.8, 4) is 0 Å². The number of nitrogens with zero attached hydrogens (tertiary/aromatic N) is 1. The second kappa shape index (κ2) is 6.21. The maximum atomic E-state index is 12.4. The third kappa shape index (κ3) is 2.93. The lowest BCUT2D eigenvalue weighted by molar-refractivity contribution is 0.0945. The van der Waals surface area contributed by atoms with Gasteiger partial charge >= 0.3 is 0 Å². The van der Waals surface area contributed by atoms with Crippen LogP contribution in [0, 0.1) is 5.92 Å². The molecule has 1 heterocycles. The highest BCUT2D eigenvalue weighted by Crippen LogP contribution is 2.25. The molecule has 1 aliphatic carbocycles. The van der Waals surface area contributed by atoms with Crippen molar-refractivity contribution in [2.45, 2.75) is 39.2 Å². The fourth-order valence-corrected chi connectivity index (χ4v) is 3.53. The summed E-state index contributed by atoms with van der Waals surface area (Å²) in [7, 11) is 0. The smallest absolute Gasteiger partial charge is 0.251 e. The maximum absolute atomic E-state index is 12.4. The highest BCUT2D eigenvalue weighted by atomic mass is 16.1. The van der Waals surface area contributed by atoms with E-state index in [4.69, 9.17) is 0 Å². The van der Waals surface area contributed by atoms with E-state index >= 15 is 0 Å². The Labute approximate surface area is 131 Å². The molecule has 0 spiro atoms. The normalized spacial score (nSPS) is 21.4. The summed E-state index contributed by atoms with van der Waals surface area (Å²) in [5.74, 6) is 0.660. The van der Waals surface area contributed by atoms with Gasteiger partial charge in [0, 0.05) is 36.7 Å². The Bertz CT molecular complexity index is 595. The van der Waals surface area contributed by atoms with Crippen LogP contribution in [0.2, 0.25) is 0 Å². The van der Waals surface area contributed by atoms with Crippen LogP contribution < -0.4 is 5.32 Å². The van der Waals surface area contributed by atoms with E-state index in [1.165, 1.54) is 0 Å². The summed E-state index contributed by atoms with van der Waals surface area (Å²) < 4.78 is 0. The van der Waals surface area contributed by atoms with Crippen molar-refractivity contribution < 1.29 is 9.59 Å². The predicted octanol–water partition coefficient (Wildman–Crippen LogP) is 2.28. The number of hydrogen-bond donors (Lipinski definition) is 1. The van der Waals surface area contributed by atoms with Crippen LogP contribution >= 0.6 is 0 Å². The minimum Gasteiger partial charge on any atom is -0.352 e. The van der Waals surface area contributed by atoms with Gasteiger partial charge in [-0.05, 0) is 50.8 Å². The SMILES string of the molecule is CC(C)N1CC[C@H](CNC(=O)c2cccc3c2CCC3=O)C1. The van der Waals surface area contributed by atoms with Gasteiger partial charge in [-0.25, -0.2) is 0 Å². The van der Waals surface area contributed by atoms with Crippen molar-refractivity contribution in [3.05, 3.63) is 34.9 Å². The van der Waals surface area contributed by atoms with Gasteiger partial charge in [-0.2, -0.15) is 0 Å². The zero-order chi connectivity index (χ0) is 15.7. The third-order valence-electron chi connectivity index (χ3n) is 4.92. The molecule has 4 heteroatoms. The molecule has 118 valence electrons. The summed E-state index contributed by atoms with van der Waals surface area (Å²) >= 11 is 0. The van der Waals surface area contributed by atoms with Gasteiger partial charge in [-0.1, -0.05) is 12.1 Å². The molecule has 1 amide bonds. The number of carbonyl (C=O) groups is 2. The molecule has 1 aromatic carbocycles. The number of fused-ring (bicyclic) bond motifs is 1. The molecular formula is C18H24N2O2. The summed E-state index contributed by atoms with van der Waals surface area (Å²) in [6.07, 6.45) is 2.37. The molecule has 2 aliphatic rings. The van der Waals surface area contributed by atoms with Gasteiger partial charge in [0.15, 0.2) is 5.78 Å². The minimum atomic E-state index is -0.0328. The number of amides is 1. The molecule has 4 nitrogen and oxygen atoms in total. The van der Waals surface area contributed by atoms with Gasteiger partial charge in [0.2, 0.25) is 0 Å². The van der Waals surface area contributed by atoms with Crippen LogP contribution in [0.3, 0.4) is 0 Å². The number of nitrogens with one attached hydrogen (secondary N) is 1. The Morgan fingerprint density at radius 2 is 2.18 bits per heavy atom. The molecular weight excluding hydrogens is 276 g/mol. The molecule has 0 unspecified atom stereocenters. The first kappa shape index (κ1) is 15.2. The summed E-state index contributed by atoms with van der Waals surface area (Å²) in [6, 6.07) is 6.05. The summed E-state index contributed by atoms with van der Waals surface area (Å²) in [5.41, 5.74) is 2.35. The van der Waals surface area contributed by atoms with Crippen LogP contribution in [-0.2, 0) is 6.42 Å². The third-order valence-corrected chi connectivity index (χ3v) is 4.92. The number of carbonyl (C=O) groups excluding carboxylic acids is 2. The molecule has 0 bridgehead atoms. The molecule has 0 aromatic heterocycles. The molecule has 1 saturated heterocycles. The van der Waals surface area contributed by atoms with E-state index in [-0.39, 0.29) is 11.7 Å². The first-order valence-electron chi connectivity index (χ1n) is 8.23. The molecule has 0 radical (unpaired) electrons. The van der Waals surface area contributed by atoms with Crippen LogP contribution in [0.25, 0.3) is 0 Å². The predicted molar refractivity (Wildman–Crippen MR) is 86.2 cm³/mol. The van der Waals surface area contributed by atoms with E-state index in [1.54, 1.807) is 0 Å². The standard InChI is InChI=1S/C18H24N2O2/c1-12(2)20-9-8-13(11-20)10-19-18(22)16-5-3-4-15-14(16)6-7-17(15)21/h3-5,12-13H,6-11H2,1-2H3,(H,19,22)/t13-/m1/s1. The lowest BCUT2D eigenvalue weighted by Crippen LogP contribution is -2.33. The molecule has 3 rings (SSSR count). The van der Waals surface area contributed by atoms with Gasteiger partial charge in [-0.15, -0.1) is 0 Å². The number of hydrogen-bond acceptors (Lipinski definition) is 3. The second-order valence-corrected chi connectivity index (χ2v) is 6.71. The molecule has 1 atom stereocenters. The first-order valence-corrected chi connectivity index (χ1v) is 8.23. The molecule has 22 heavy (non-hydrogen) atoms. The zero-order valence-electron chi connectivity index (χ0n) is 13.4. The van der Waals surface area contributed by atoms with Crippen LogP contribution in [0.1, 0.15) is 53.0 Å². The van der Waals surface area contributed by atoms with E-state index in [9.17, 15) is 9.59 Å². The Balaban J connectivity index is 1.61. The number of benzene rings is 1. The highest BCUT2D eigenvalue weighted by Gasteiger charge is 2.27. The van der Waals surface area contributed by atoms with Gasteiger partial charge in [-0.3, -0.25) is 9.59 Å². The van der Waals surface area contributed by atoms with Gasteiger partial charge < -0.3 is 10.2 Å². The van der Waals surface area contributed by atoms with E-state index in [0.29, 0.717) is 30.4 Å². The fraction of sp³-hybridized carbons (Fsp3) is 0.556. The number of likely N-dealkylation sites (tertiary alicyclic amines) is 1. The first-order chi connectivity index (χ1) is 10.6. The van der Waals surface area contributed by atoms with Crippen molar-refractivity contribution in [2.75, 3.05) is 19.6 Å². The van der Waals surface area contributed by atoms with Gasteiger partial charge in [0.05, 0.1) is 0 Å². The topological polar surface area (TPSA) is 49.4 Å². The van der Waals surface area contributed by atoms with Gasteiger partial charge in [0.1, 0.15) is 0 Å². The Kier molecular flexibility index (Phi) is 4.30. The highest BCUT2D eigenvalue weighted by molar-refractivity contribution is 6.05. The molecule has 1 N–H and O–H groups in total. The van der Waals surface area contributed by atoms with Crippen molar-refractivity contribution in [2.24, 2.45) is 5.92 Å². The van der Waals surface area contributed by atoms with Crippen molar-refractivity contribution >= 4 is 11.7 Å². The Hall–Kier alpha value is -1.68. The summed E-state index contributed by atoms with van der Waals surface area (Å²) in [5, 5.41) is 3.07. The van der Waals surface area contributed by atoms with Crippen LogP contribution in [-0.4, -0.2) is 42.3 Å². The van der Waals surface area contributed by atoms with Crippen LogP contribution in [0.15, 0.2) is 18.2 Å². The van der Waals surface area contributed by atoms with Crippen molar-refractivity contribution in [1.29, 1.82) is 0 Å². The monoisotopic (exact) mass is 300 g/mol. The number of ketones is 1. The average molecular weight is 300 g/mol. The van der Waals surface area contributed by atoms with E-state index < -0.39 is 0 Å². The second-order valence-electron chi connectivity index (χ2n) is 6.71.